The molecule has 1 saturated heterocycles. The first-order chi connectivity index (χ1) is 9.96. The summed E-state index contributed by atoms with van der Waals surface area (Å²) in [6, 6.07) is 5.78. The van der Waals surface area contributed by atoms with Crippen molar-refractivity contribution in [2.75, 3.05) is 19.6 Å². The summed E-state index contributed by atoms with van der Waals surface area (Å²) >= 11 is 0. The van der Waals surface area contributed by atoms with Crippen LogP contribution in [0.1, 0.15) is 37.3 Å². The highest BCUT2D eigenvalue weighted by atomic mass is 35.5. The second-order valence-electron chi connectivity index (χ2n) is 5.87. The number of rotatable bonds is 5. The van der Waals surface area contributed by atoms with Gasteiger partial charge in [-0.2, -0.15) is 4.31 Å². The molecule has 1 N–H and O–H groups in total. The molecule has 1 aliphatic rings. The first-order valence-corrected chi connectivity index (χ1v) is 9.20. The lowest BCUT2D eigenvalue weighted by molar-refractivity contribution is 0.262. The van der Waals surface area contributed by atoms with E-state index in [2.05, 4.69) is 5.32 Å². The molecule has 0 spiro atoms. The minimum absolute atomic E-state index is 0. The average Bonchev–Trinajstić information content (AvgIpc) is 2.48. The Morgan fingerprint density at radius 3 is 2.45 bits per heavy atom. The van der Waals surface area contributed by atoms with Crippen LogP contribution in [0.15, 0.2) is 23.1 Å². The lowest BCUT2D eigenvalue weighted by atomic mass is 10.1. The summed E-state index contributed by atoms with van der Waals surface area (Å²) in [5.41, 5.74) is 1.82. The molecule has 0 atom stereocenters. The fourth-order valence-corrected chi connectivity index (χ4v) is 5.01. The van der Waals surface area contributed by atoms with E-state index in [1.165, 1.54) is 0 Å². The van der Waals surface area contributed by atoms with E-state index in [1.807, 2.05) is 32.9 Å². The van der Waals surface area contributed by atoms with E-state index < -0.39 is 10.0 Å². The SMILES string of the molecule is CCCN(C1CCNCC1)S(=O)(=O)c1cc(C)ccc1C.Cl. The second kappa shape index (κ2) is 8.29. The summed E-state index contributed by atoms with van der Waals surface area (Å²) in [4.78, 5) is 0.467. The topological polar surface area (TPSA) is 49.4 Å². The maximum atomic E-state index is 13.1. The molecule has 0 amide bonds. The zero-order chi connectivity index (χ0) is 15.5. The number of aryl methyl sites for hydroxylation is 2. The van der Waals surface area contributed by atoms with Gasteiger partial charge in [-0.15, -0.1) is 12.4 Å². The molecule has 1 fully saturated rings. The van der Waals surface area contributed by atoms with Gasteiger partial charge in [0.05, 0.1) is 4.90 Å². The number of piperidine rings is 1. The van der Waals surface area contributed by atoms with E-state index in [9.17, 15) is 8.42 Å². The number of hydrogen-bond donors (Lipinski definition) is 1. The van der Waals surface area contributed by atoms with E-state index >= 15 is 0 Å². The molecule has 22 heavy (non-hydrogen) atoms. The summed E-state index contributed by atoms with van der Waals surface area (Å²) in [5.74, 6) is 0. The maximum absolute atomic E-state index is 13.1. The zero-order valence-corrected chi connectivity index (χ0v) is 15.3. The van der Waals surface area contributed by atoms with Crippen molar-refractivity contribution in [2.24, 2.45) is 0 Å². The van der Waals surface area contributed by atoms with Gasteiger partial charge in [0, 0.05) is 12.6 Å². The number of hydrogen-bond acceptors (Lipinski definition) is 3. The molecule has 1 aromatic rings. The van der Waals surface area contributed by atoms with Crippen LogP contribution in [0.25, 0.3) is 0 Å². The summed E-state index contributed by atoms with van der Waals surface area (Å²) in [7, 11) is -3.41. The molecule has 6 heteroatoms. The van der Waals surface area contributed by atoms with Gasteiger partial charge >= 0.3 is 0 Å². The van der Waals surface area contributed by atoms with Crippen LogP contribution in [0.5, 0.6) is 0 Å². The number of nitrogens with zero attached hydrogens (tertiary/aromatic N) is 1. The fourth-order valence-electron chi connectivity index (χ4n) is 2.93. The first-order valence-electron chi connectivity index (χ1n) is 7.76. The molecule has 0 aliphatic carbocycles. The Balaban J connectivity index is 0.00000242. The van der Waals surface area contributed by atoms with Crippen LogP contribution in [0.4, 0.5) is 0 Å². The molecule has 1 aliphatic heterocycles. The van der Waals surface area contributed by atoms with Crippen molar-refractivity contribution in [3.05, 3.63) is 29.3 Å². The van der Waals surface area contributed by atoms with Gasteiger partial charge in [0.2, 0.25) is 10.0 Å². The summed E-state index contributed by atoms with van der Waals surface area (Å²) in [5, 5.41) is 3.30. The quantitative estimate of drug-likeness (QED) is 0.891. The van der Waals surface area contributed by atoms with Gasteiger partial charge in [0.25, 0.3) is 0 Å². The van der Waals surface area contributed by atoms with Crippen molar-refractivity contribution >= 4 is 22.4 Å². The van der Waals surface area contributed by atoms with Gasteiger partial charge in [0.15, 0.2) is 0 Å². The molecule has 0 saturated carbocycles. The Morgan fingerprint density at radius 1 is 1.23 bits per heavy atom. The fraction of sp³-hybridized carbons (Fsp3) is 0.625. The lowest BCUT2D eigenvalue weighted by Gasteiger charge is -2.34. The smallest absolute Gasteiger partial charge is 0.243 e. The molecule has 4 nitrogen and oxygen atoms in total. The molecular formula is C16H27ClN2O2S. The average molecular weight is 347 g/mol. The van der Waals surface area contributed by atoms with Crippen molar-refractivity contribution in [3.63, 3.8) is 0 Å². The zero-order valence-electron chi connectivity index (χ0n) is 13.6. The Labute approximate surface area is 140 Å². The van der Waals surface area contributed by atoms with Crippen LogP contribution in [0.3, 0.4) is 0 Å². The second-order valence-corrected chi connectivity index (χ2v) is 7.72. The van der Waals surface area contributed by atoms with Crippen molar-refractivity contribution in [1.82, 2.24) is 9.62 Å². The van der Waals surface area contributed by atoms with Crippen LogP contribution in [0, 0.1) is 13.8 Å². The molecule has 0 radical (unpaired) electrons. The number of sulfonamides is 1. The molecule has 126 valence electrons. The Hall–Kier alpha value is -0.620. The minimum Gasteiger partial charge on any atom is -0.317 e. The Bertz CT molecular complexity index is 584. The van der Waals surface area contributed by atoms with Crippen LogP contribution < -0.4 is 5.32 Å². The van der Waals surface area contributed by atoms with Gasteiger partial charge in [-0.05, 0) is 63.4 Å². The van der Waals surface area contributed by atoms with Crippen molar-refractivity contribution in [3.8, 4) is 0 Å². The van der Waals surface area contributed by atoms with Crippen molar-refractivity contribution < 1.29 is 8.42 Å². The van der Waals surface area contributed by atoms with E-state index in [4.69, 9.17) is 0 Å². The van der Waals surface area contributed by atoms with Gasteiger partial charge in [-0.1, -0.05) is 19.1 Å². The number of benzene rings is 1. The normalized spacial score (nSPS) is 16.5. The first kappa shape index (κ1) is 19.4. The molecule has 1 heterocycles. The lowest BCUT2D eigenvalue weighted by Crippen LogP contribution is -2.46. The summed E-state index contributed by atoms with van der Waals surface area (Å²) in [6.07, 6.45) is 2.63. The summed E-state index contributed by atoms with van der Waals surface area (Å²) in [6.45, 7) is 8.24. The standard InChI is InChI=1S/C16H26N2O2S.ClH/c1-4-11-18(15-7-9-17-10-8-15)21(19,20)16-12-13(2)5-6-14(16)3;/h5-6,12,15,17H,4,7-11H2,1-3H3;1H. The minimum atomic E-state index is -3.41. The van der Waals surface area contributed by atoms with E-state index in [1.54, 1.807) is 10.4 Å². The third-order valence-electron chi connectivity index (χ3n) is 4.09. The maximum Gasteiger partial charge on any atom is 0.243 e. The molecule has 1 aromatic carbocycles. The van der Waals surface area contributed by atoms with Crippen LogP contribution >= 0.6 is 12.4 Å². The molecule has 2 rings (SSSR count). The molecule has 0 aromatic heterocycles. The number of halogens is 1. The third-order valence-corrected chi connectivity index (χ3v) is 6.18. The van der Waals surface area contributed by atoms with Gasteiger partial charge in [-0.3, -0.25) is 0 Å². The van der Waals surface area contributed by atoms with E-state index in [-0.39, 0.29) is 18.4 Å². The van der Waals surface area contributed by atoms with Crippen LogP contribution in [0.2, 0.25) is 0 Å². The third kappa shape index (κ3) is 4.22. The van der Waals surface area contributed by atoms with E-state index in [0.29, 0.717) is 11.4 Å². The highest BCUT2D eigenvalue weighted by Crippen LogP contribution is 2.26. The van der Waals surface area contributed by atoms with Gasteiger partial charge in [-0.25, -0.2) is 8.42 Å². The molecule has 0 bridgehead atoms. The van der Waals surface area contributed by atoms with Crippen molar-refractivity contribution in [1.29, 1.82) is 0 Å². The molecular weight excluding hydrogens is 320 g/mol. The highest BCUT2D eigenvalue weighted by Gasteiger charge is 2.32. The summed E-state index contributed by atoms with van der Waals surface area (Å²) < 4.78 is 27.9. The predicted molar refractivity (Wildman–Crippen MR) is 93.2 cm³/mol. The van der Waals surface area contributed by atoms with Gasteiger partial charge in [0.1, 0.15) is 0 Å². The highest BCUT2D eigenvalue weighted by molar-refractivity contribution is 7.89. The Kier molecular flexibility index (Phi) is 7.32. The van der Waals surface area contributed by atoms with Crippen LogP contribution in [-0.2, 0) is 10.0 Å². The number of nitrogens with one attached hydrogen (secondary N) is 1. The van der Waals surface area contributed by atoms with Crippen molar-refractivity contribution in [2.45, 2.75) is 51.0 Å². The largest absolute Gasteiger partial charge is 0.317 e. The Morgan fingerprint density at radius 2 is 1.86 bits per heavy atom. The van der Waals surface area contributed by atoms with Gasteiger partial charge < -0.3 is 5.32 Å². The van der Waals surface area contributed by atoms with Crippen LogP contribution in [-0.4, -0.2) is 38.4 Å². The van der Waals surface area contributed by atoms with E-state index in [0.717, 1.165) is 43.5 Å². The molecule has 0 unspecified atom stereocenters. The predicted octanol–water partition coefficient (Wildman–Crippen LogP) is 2.88. The monoisotopic (exact) mass is 346 g/mol.